The number of alkyl halides is 3. The highest BCUT2D eigenvalue weighted by Crippen LogP contribution is 2.36. The van der Waals surface area contributed by atoms with Gasteiger partial charge in [0, 0.05) is 37.1 Å². The minimum Gasteiger partial charge on any atom is -0.398 e. The number of hydrogen-bond donors (Lipinski definition) is 1. The van der Waals surface area contributed by atoms with E-state index in [0.29, 0.717) is 11.7 Å². The van der Waals surface area contributed by atoms with Gasteiger partial charge < -0.3 is 10.6 Å². The van der Waals surface area contributed by atoms with E-state index in [1.54, 1.807) is 6.07 Å². The molecule has 0 saturated carbocycles. The van der Waals surface area contributed by atoms with Crippen LogP contribution in [0.2, 0.25) is 0 Å². The third-order valence-corrected chi connectivity index (χ3v) is 3.88. The standard InChI is InChI=1S/C14H20F3N3/c1-3-19-6-7-20(9-10(19)2)11-4-5-13(18)12(8-11)14(15,16)17/h4-5,8,10H,3,6-7,9,18H2,1-2H3. The molecule has 1 atom stereocenters. The normalized spacial score (nSPS) is 21.2. The van der Waals surface area contributed by atoms with Gasteiger partial charge in [0.15, 0.2) is 0 Å². The van der Waals surface area contributed by atoms with Gasteiger partial charge in [0.1, 0.15) is 0 Å². The molecule has 3 nitrogen and oxygen atoms in total. The van der Waals surface area contributed by atoms with Crippen molar-refractivity contribution in [3.8, 4) is 0 Å². The number of rotatable bonds is 2. The molecule has 1 fully saturated rings. The van der Waals surface area contributed by atoms with Crippen LogP contribution in [0, 0.1) is 0 Å². The van der Waals surface area contributed by atoms with Crippen LogP contribution in [-0.4, -0.2) is 37.1 Å². The first kappa shape index (κ1) is 15.0. The molecular weight excluding hydrogens is 267 g/mol. The predicted octanol–water partition coefficient (Wildman–Crippen LogP) is 2.82. The van der Waals surface area contributed by atoms with Crippen LogP contribution in [0.25, 0.3) is 0 Å². The van der Waals surface area contributed by atoms with Crippen LogP contribution < -0.4 is 10.6 Å². The van der Waals surface area contributed by atoms with Crippen LogP contribution in [0.15, 0.2) is 18.2 Å². The Hall–Kier alpha value is -1.43. The summed E-state index contributed by atoms with van der Waals surface area (Å²) >= 11 is 0. The van der Waals surface area contributed by atoms with Gasteiger partial charge in [-0.15, -0.1) is 0 Å². The van der Waals surface area contributed by atoms with Gasteiger partial charge >= 0.3 is 6.18 Å². The fourth-order valence-corrected chi connectivity index (χ4v) is 2.69. The lowest BCUT2D eigenvalue weighted by atomic mass is 10.1. The van der Waals surface area contributed by atoms with E-state index in [1.807, 2.05) is 4.90 Å². The van der Waals surface area contributed by atoms with E-state index in [9.17, 15) is 13.2 Å². The number of halogens is 3. The first-order valence-corrected chi connectivity index (χ1v) is 6.78. The number of likely N-dealkylation sites (N-methyl/N-ethyl adjacent to an activating group) is 1. The maximum Gasteiger partial charge on any atom is 0.418 e. The zero-order valence-electron chi connectivity index (χ0n) is 11.7. The minimum atomic E-state index is -4.41. The highest BCUT2D eigenvalue weighted by Gasteiger charge is 2.34. The molecule has 6 heteroatoms. The van der Waals surface area contributed by atoms with Crippen LogP contribution in [-0.2, 0) is 6.18 Å². The Morgan fingerprint density at radius 3 is 2.55 bits per heavy atom. The number of hydrogen-bond acceptors (Lipinski definition) is 3. The smallest absolute Gasteiger partial charge is 0.398 e. The van der Waals surface area contributed by atoms with Crippen molar-refractivity contribution < 1.29 is 13.2 Å². The largest absolute Gasteiger partial charge is 0.418 e. The number of piperazine rings is 1. The van der Waals surface area contributed by atoms with Crippen molar-refractivity contribution in [1.82, 2.24) is 4.90 Å². The molecule has 1 unspecified atom stereocenters. The number of nitrogen functional groups attached to an aromatic ring is 1. The molecule has 0 bridgehead atoms. The second kappa shape index (κ2) is 5.52. The van der Waals surface area contributed by atoms with Gasteiger partial charge in [0.25, 0.3) is 0 Å². The Balaban J connectivity index is 2.22. The molecule has 0 amide bonds. The lowest BCUT2D eigenvalue weighted by Crippen LogP contribution is -2.51. The summed E-state index contributed by atoms with van der Waals surface area (Å²) in [6, 6.07) is 4.50. The predicted molar refractivity (Wildman–Crippen MR) is 74.8 cm³/mol. The van der Waals surface area contributed by atoms with E-state index in [0.717, 1.165) is 32.2 Å². The number of nitrogens with zero attached hydrogens (tertiary/aromatic N) is 2. The van der Waals surface area contributed by atoms with E-state index in [1.165, 1.54) is 6.07 Å². The van der Waals surface area contributed by atoms with Gasteiger partial charge in [0.2, 0.25) is 0 Å². The van der Waals surface area contributed by atoms with Gasteiger partial charge in [-0.3, -0.25) is 4.90 Å². The van der Waals surface area contributed by atoms with E-state index < -0.39 is 11.7 Å². The Kier molecular flexibility index (Phi) is 4.13. The van der Waals surface area contributed by atoms with Gasteiger partial charge in [-0.2, -0.15) is 13.2 Å². The maximum absolute atomic E-state index is 12.9. The zero-order chi connectivity index (χ0) is 14.9. The fourth-order valence-electron chi connectivity index (χ4n) is 2.69. The Morgan fingerprint density at radius 1 is 1.30 bits per heavy atom. The fraction of sp³-hybridized carbons (Fsp3) is 0.571. The van der Waals surface area contributed by atoms with E-state index in [2.05, 4.69) is 18.7 Å². The second-order valence-corrected chi connectivity index (χ2v) is 5.19. The minimum absolute atomic E-state index is 0.221. The third kappa shape index (κ3) is 3.00. The summed E-state index contributed by atoms with van der Waals surface area (Å²) in [6.45, 7) is 7.48. The van der Waals surface area contributed by atoms with Crippen molar-refractivity contribution in [3.63, 3.8) is 0 Å². The van der Waals surface area contributed by atoms with Crippen LogP contribution in [0.3, 0.4) is 0 Å². The molecular formula is C14H20F3N3. The van der Waals surface area contributed by atoms with Crippen LogP contribution >= 0.6 is 0 Å². The summed E-state index contributed by atoms with van der Waals surface area (Å²) in [7, 11) is 0. The van der Waals surface area contributed by atoms with Gasteiger partial charge in [-0.25, -0.2) is 0 Å². The van der Waals surface area contributed by atoms with Gasteiger partial charge in [0.05, 0.1) is 5.56 Å². The number of nitrogens with two attached hydrogens (primary N) is 1. The molecule has 0 aliphatic carbocycles. The molecule has 1 aromatic rings. The second-order valence-electron chi connectivity index (χ2n) is 5.19. The van der Waals surface area contributed by atoms with Crippen LogP contribution in [0.1, 0.15) is 19.4 Å². The summed E-state index contributed by atoms with van der Waals surface area (Å²) in [5.74, 6) is 0. The molecule has 20 heavy (non-hydrogen) atoms. The van der Waals surface area contributed by atoms with Crippen molar-refractivity contribution in [2.75, 3.05) is 36.8 Å². The highest BCUT2D eigenvalue weighted by molar-refractivity contribution is 5.59. The quantitative estimate of drug-likeness (QED) is 0.849. The van der Waals surface area contributed by atoms with Gasteiger partial charge in [-0.1, -0.05) is 6.92 Å². The molecule has 2 N–H and O–H groups in total. The molecule has 0 radical (unpaired) electrons. The highest BCUT2D eigenvalue weighted by atomic mass is 19.4. The average molecular weight is 287 g/mol. The SMILES string of the molecule is CCN1CCN(c2ccc(N)c(C(F)(F)F)c2)CC1C. The number of benzene rings is 1. The summed E-state index contributed by atoms with van der Waals surface area (Å²) in [4.78, 5) is 4.31. The van der Waals surface area contributed by atoms with Crippen LogP contribution in [0.4, 0.5) is 24.5 Å². The molecule has 1 aliphatic heterocycles. The first-order chi connectivity index (χ1) is 9.32. The van der Waals surface area contributed by atoms with Gasteiger partial charge in [-0.05, 0) is 31.7 Å². The molecule has 0 aromatic heterocycles. The van der Waals surface area contributed by atoms with Crippen molar-refractivity contribution in [3.05, 3.63) is 23.8 Å². The topological polar surface area (TPSA) is 32.5 Å². The van der Waals surface area contributed by atoms with E-state index >= 15 is 0 Å². The Morgan fingerprint density at radius 2 is 2.00 bits per heavy atom. The molecule has 2 rings (SSSR count). The van der Waals surface area contributed by atoms with Crippen molar-refractivity contribution in [1.29, 1.82) is 0 Å². The van der Waals surface area contributed by atoms with E-state index in [-0.39, 0.29) is 5.69 Å². The number of anilines is 2. The average Bonchev–Trinajstić information content (AvgIpc) is 2.37. The van der Waals surface area contributed by atoms with E-state index in [4.69, 9.17) is 5.73 Å². The zero-order valence-corrected chi connectivity index (χ0v) is 11.7. The van der Waals surface area contributed by atoms with Crippen molar-refractivity contribution in [2.45, 2.75) is 26.1 Å². The Bertz CT molecular complexity index is 473. The molecule has 1 heterocycles. The summed E-state index contributed by atoms with van der Waals surface area (Å²) in [5.41, 5.74) is 5.05. The molecule has 1 aromatic carbocycles. The first-order valence-electron chi connectivity index (χ1n) is 6.78. The maximum atomic E-state index is 12.9. The summed E-state index contributed by atoms with van der Waals surface area (Å²) in [5, 5.41) is 0. The summed E-state index contributed by atoms with van der Waals surface area (Å²) in [6.07, 6.45) is -4.41. The Labute approximate surface area is 117 Å². The lowest BCUT2D eigenvalue weighted by Gasteiger charge is -2.40. The van der Waals surface area contributed by atoms with Crippen molar-refractivity contribution in [2.24, 2.45) is 0 Å². The molecule has 0 spiro atoms. The summed E-state index contributed by atoms with van der Waals surface area (Å²) < 4.78 is 38.6. The van der Waals surface area contributed by atoms with Crippen LogP contribution in [0.5, 0.6) is 0 Å². The monoisotopic (exact) mass is 287 g/mol. The molecule has 1 aliphatic rings. The lowest BCUT2D eigenvalue weighted by molar-refractivity contribution is -0.136. The third-order valence-electron chi connectivity index (χ3n) is 3.88. The van der Waals surface area contributed by atoms with Crippen molar-refractivity contribution >= 4 is 11.4 Å². The molecule has 1 saturated heterocycles. The molecule has 112 valence electrons.